The first-order chi connectivity index (χ1) is 29.7. The van der Waals surface area contributed by atoms with Crippen LogP contribution in [0, 0.1) is 47.3 Å². The summed E-state index contributed by atoms with van der Waals surface area (Å²) in [5.74, 6) is -7.55. The third kappa shape index (κ3) is 13.9. The molecule has 0 aromatic heterocycles. The summed E-state index contributed by atoms with van der Waals surface area (Å²) < 4.78 is 12.5. The number of allylic oxidation sites excluding steroid dienone is 6. The Bertz CT molecular complexity index is 1720. The van der Waals surface area contributed by atoms with E-state index in [0.29, 0.717) is 56.9 Å². The zero-order valence-electron chi connectivity index (χ0n) is 39.9. The fourth-order valence-corrected chi connectivity index (χ4v) is 10.3. The third-order valence-corrected chi connectivity index (χ3v) is 14.8. The Labute approximate surface area is 377 Å². The minimum absolute atomic E-state index is 0.0530. The molecule has 63 heavy (non-hydrogen) atoms. The van der Waals surface area contributed by atoms with E-state index in [0.717, 1.165) is 18.4 Å². The second-order valence-corrected chi connectivity index (χ2v) is 20.0. The highest BCUT2D eigenvalue weighted by Gasteiger charge is 2.53. The summed E-state index contributed by atoms with van der Waals surface area (Å²) in [5.41, 5.74) is 1.52. The van der Waals surface area contributed by atoms with E-state index >= 15 is 0 Å². The Hall–Kier alpha value is -3.29. The number of hydrogen-bond acceptors (Lipinski definition) is 11. The number of carbonyl (C=O) groups excluding carboxylic acids is 5. The molecule has 15 atom stereocenters. The van der Waals surface area contributed by atoms with Crippen LogP contribution in [0.2, 0.25) is 0 Å². The van der Waals surface area contributed by atoms with Gasteiger partial charge in [0.15, 0.2) is 0 Å². The zero-order chi connectivity index (χ0) is 46.8. The van der Waals surface area contributed by atoms with Crippen LogP contribution >= 0.6 is 0 Å². The molecule has 3 heterocycles. The second kappa shape index (κ2) is 23.8. The molecule has 0 spiro atoms. The molecule has 2 saturated heterocycles. The highest BCUT2D eigenvalue weighted by Crippen LogP contribution is 2.38. The Balaban J connectivity index is 1.68. The van der Waals surface area contributed by atoms with Crippen molar-refractivity contribution in [2.45, 2.75) is 182 Å². The molecule has 0 aromatic rings. The number of hydrogen-bond donors (Lipinski definition) is 4. The first-order valence-corrected chi connectivity index (χ1v) is 23.9. The monoisotopic (exact) mass is 881 g/mol. The van der Waals surface area contributed by atoms with E-state index < -0.39 is 65.6 Å². The van der Waals surface area contributed by atoms with E-state index in [9.17, 15) is 39.3 Å². The van der Waals surface area contributed by atoms with E-state index in [-0.39, 0.29) is 72.7 Å². The van der Waals surface area contributed by atoms with Gasteiger partial charge in [0.2, 0.25) is 5.79 Å². The van der Waals surface area contributed by atoms with Crippen molar-refractivity contribution in [2.75, 3.05) is 13.6 Å². The van der Waals surface area contributed by atoms with Crippen LogP contribution in [-0.2, 0) is 33.4 Å². The molecule has 12 nitrogen and oxygen atoms in total. The van der Waals surface area contributed by atoms with Gasteiger partial charge in [0, 0.05) is 42.7 Å². The summed E-state index contributed by atoms with van der Waals surface area (Å²) in [7, 11) is 1.84. The second-order valence-electron chi connectivity index (χ2n) is 20.0. The molecule has 3 fully saturated rings. The van der Waals surface area contributed by atoms with E-state index in [4.69, 9.17) is 9.47 Å². The third-order valence-electron chi connectivity index (χ3n) is 14.8. The Kier molecular flexibility index (Phi) is 19.7. The van der Waals surface area contributed by atoms with Crippen LogP contribution in [0.3, 0.4) is 0 Å². The minimum atomic E-state index is -2.38. The smallest absolute Gasteiger partial charge is 0.329 e. The van der Waals surface area contributed by atoms with Gasteiger partial charge in [0.1, 0.15) is 23.7 Å². The number of aliphatic hydroxyl groups is 3. The van der Waals surface area contributed by atoms with Gasteiger partial charge in [-0.25, -0.2) is 4.79 Å². The zero-order valence-corrected chi connectivity index (χ0v) is 39.9. The van der Waals surface area contributed by atoms with E-state index in [1.807, 2.05) is 72.0 Å². The van der Waals surface area contributed by atoms with E-state index in [1.54, 1.807) is 33.8 Å². The van der Waals surface area contributed by atoms with Gasteiger partial charge in [-0.1, -0.05) is 90.5 Å². The lowest BCUT2D eigenvalue weighted by Gasteiger charge is -2.43. The minimum Gasteiger partial charge on any atom is -0.460 e. The number of amides is 1. The number of likely N-dealkylation sites (N-methyl/N-ethyl adjacent to an activating group) is 1. The quantitative estimate of drug-likeness (QED) is 0.130. The van der Waals surface area contributed by atoms with Crippen molar-refractivity contribution in [3.05, 3.63) is 47.6 Å². The van der Waals surface area contributed by atoms with Crippen molar-refractivity contribution in [1.82, 2.24) is 10.2 Å². The number of aliphatic hydroxyl groups excluding tert-OH is 2. The van der Waals surface area contributed by atoms with Gasteiger partial charge in [-0.3, -0.25) is 19.2 Å². The summed E-state index contributed by atoms with van der Waals surface area (Å²) >= 11 is 0. The van der Waals surface area contributed by atoms with E-state index in [1.165, 1.54) is 4.90 Å². The lowest BCUT2D eigenvalue weighted by atomic mass is 9.75. The number of ketones is 3. The summed E-state index contributed by atoms with van der Waals surface area (Å²) in [6, 6.07) is -1.24. The van der Waals surface area contributed by atoms with Crippen molar-refractivity contribution < 1.29 is 48.8 Å². The number of nitrogens with zero attached hydrogens (tertiary/aromatic N) is 1. The Morgan fingerprint density at radius 2 is 1.59 bits per heavy atom. The molecule has 1 aliphatic carbocycles. The molecule has 4 aliphatic rings. The number of cyclic esters (lactones) is 1. The average molecular weight is 881 g/mol. The number of Topliss-reactive ketones (excluding diaryl/α,β-unsaturated/α-hetero) is 3. The highest BCUT2D eigenvalue weighted by molar-refractivity contribution is 6.39. The van der Waals surface area contributed by atoms with Gasteiger partial charge in [0.05, 0.1) is 18.3 Å². The standard InChI is InChI=1S/C51H80N2O10/c1-30-16-12-11-13-17-31(2)41(52-10)28-40-21-19-37(8)51(61,63-40)48(58)49(59)53-23-15-14-18-42(53)50(60)62-45(34(5)27-39-20-22-43(54)33(4)26-39)29-44(55)32(3)25-36(7)47(57)38(9)46(56)35(6)24-30/h11-13,16-17,25,30,32-35,37-43,45,47,52,54,57,61H,14-15,18-24,26-29H2,1-10H3/b13-11+,16-12+,31-17+,36-25+/t30-,32-,33-,34-,35-,37-,38+,39-,40+,41+,42+,43-,45+,47-,51-/m1/s1. The largest absolute Gasteiger partial charge is 0.460 e. The Morgan fingerprint density at radius 1 is 0.873 bits per heavy atom. The van der Waals surface area contributed by atoms with Crippen LogP contribution in [0.25, 0.3) is 0 Å². The Morgan fingerprint density at radius 3 is 2.27 bits per heavy atom. The number of rotatable bonds is 4. The lowest BCUT2D eigenvalue weighted by molar-refractivity contribution is -0.264. The number of ether oxygens (including phenoxy) is 2. The summed E-state index contributed by atoms with van der Waals surface area (Å²) in [4.78, 5) is 71.6. The van der Waals surface area contributed by atoms with Crippen molar-refractivity contribution in [3.8, 4) is 0 Å². The topological polar surface area (TPSA) is 180 Å². The number of piperidine rings is 1. The number of esters is 1. The van der Waals surface area contributed by atoms with Crippen molar-refractivity contribution in [2.24, 2.45) is 47.3 Å². The van der Waals surface area contributed by atoms with Gasteiger partial charge >= 0.3 is 5.97 Å². The van der Waals surface area contributed by atoms with Crippen LogP contribution < -0.4 is 5.32 Å². The molecule has 4 N–H and O–H groups in total. The van der Waals surface area contributed by atoms with Crippen LogP contribution in [0.15, 0.2) is 47.6 Å². The SMILES string of the molecule is CN[C@H]1C[C@@H]2CC[C@@H](C)[C@@](O)(O2)C(=O)C(=O)N2CCCC[C@H]2C(=O)O[C@H]([C@H](C)C[C@@H]2CC[C@@H](O)[C@H](C)C2)CC(=O)[C@H](C)/C=C(\C)[C@@H](O)[C@@H](C)C(=O)[C@H](C)C[C@H](C)/C=C/C=C/C=C/1C. The van der Waals surface area contributed by atoms with Crippen molar-refractivity contribution in [3.63, 3.8) is 0 Å². The van der Waals surface area contributed by atoms with Crippen molar-refractivity contribution >= 4 is 29.2 Å². The molecule has 1 saturated carbocycles. The number of carbonyl (C=O) groups is 5. The number of nitrogens with one attached hydrogen (secondary N) is 1. The predicted molar refractivity (Wildman–Crippen MR) is 244 cm³/mol. The number of fused-ring (bicyclic) bond motifs is 3. The molecule has 12 heteroatoms. The van der Waals surface area contributed by atoms with Crippen LogP contribution in [0.5, 0.6) is 0 Å². The van der Waals surface area contributed by atoms with Gasteiger partial charge in [-0.2, -0.15) is 0 Å². The van der Waals surface area contributed by atoms with Crippen molar-refractivity contribution in [1.29, 1.82) is 0 Å². The predicted octanol–water partition coefficient (Wildman–Crippen LogP) is 7.00. The summed E-state index contributed by atoms with van der Waals surface area (Å²) in [6.07, 6.45) is 15.1. The normalized spacial score (nSPS) is 41.3. The first kappa shape index (κ1) is 52.3. The molecule has 2 bridgehead atoms. The first-order valence-electron chi connectivity index (χ1n) is 23.9. The molecule has 0 aromatic carbocycles. The maximum atomic E-state index is 14.3. The fraction of sp³-hybridized carbons (Fsp3) is 0.745. The van der Waals surface area contributed by atoms with Gasteiger partial charge in [-0.05, 0) is 121 Å². The molecule has 0 unspecified atom stereocenters. The van der Waals surface area contributed by atoms with Gasteiger partial charge < -0.3 is 35.0 Å². The fourth-order valence-electron chi connectivity index (χ4n) is 10.3. The lowest BCUT2D eigenvalue weighted by Crippen LogP contribution is -2.61. The highest BCUT2D eigenvalue weighted by atomic mass is 16.6. The maximum absolute atomic E-state index is 14.3. The van der Waals surface area contributed by atoms with Crippen LogP contribution in [0.4, 0.5) is 0 Å². The van der Waals surface area contributed by atoms with E-state index in [2.05, 4.69) is 5.32 Å². The molecule has 1 amide bonds. The summed E-state index contributed by atoms with van der Waals surface area (Å²) in [6.45, 7) is 16.9. The van der Waals surface area contributed by atoms with Crippen LogP contribution in [-0.4, -0.2) is 105 Å². The molecule has 0 radical (unpaired) electrons. The van der Waals surface area contributed by atoms with Crippen LogP contribution in [0.1, 0.15) is 139 Å². The molecular weight excluding hydrogens is 801 g/mol. The molecular formula is C51H80N2O10. The molecule has 4 rings (SSSR count). The van der Waals surface area contributed by atoms with Gasteiger partial charge in [0.25, 0.3) is 11.7 Å². The summed E-state index contributed by atoms with van der Waals surface area (Å²) in [5, 5.41) is 37.0. The average Bonchev–Trinajstić information content (AvgIpc) is 3.25. The molecule has 3 aliphatic heterocycles. The maximum Gasteiger partial charge on any atom is 0.329 e. The van der Waals surface area contributed by atoms with Gasteiger partial charge in [-0.15, -0.1) is 0 Å². The molecule has 354 valence electrons.